The Hall–Kier alpha value is -1.26. The third-order valence-electron chi connectivity index (χ3n) is 4.01. The van der Waals surface area contributed by atoms with Gasteiger partial charge in [-0.1, -0.05) is 6.07 Å². The number of rotatable bonds is 4. The quantitative estimate of drug-likeness (QED) is 0.849. The Morgan fingerprint density at radius 3 is 2.61 bits per heavy atom. The maximum atomic E-state index is 9.56. The van der Waals surface area contributed by atoms with Crippen molar-refractivity contribution in [1.82, 2.24) is 5.32 Å². The molecule has 2 aliphatic rings. The number of hydrogen-bond donors (Lipinski definition) is 2. The molecule has 3 rings (SSSR count). The fourth-order valence-corrected chi connectivity index (χ4v) is 2.76. The van der Waals surface area contributed by atoms with Crippen LogP contribution < -0.4 is 14.8 Å². The van der Waals surface area contributed by atoms with E-state index in [1.54, 1.807) is 0 Å². The molecule has 1 unspecified atom stereocenters. The minimum Gasteiger partial charge on any atom is -0.486 e. The molecule has 4 heteroatoms. The van der Waals surface area contributed by atoms with E-state index < -0.39 is 0 Å². The van der Waals surface area contributed by atoms with Crippen LogP contribution in [-0.4, -0.2) is 32.0 Å². The number of benzene rings is 1. The van der Waals surface area contributed by atoms with Crippen molar-refractivity contribution in [3.63, 3.8) is 0 Å². The van der Waals surface area contributed by atoms with Crippen molar-refractivity contribution < 1.29 is 14.6 Å². The molecule has 1 saturated carbocycles. The van der Waals surface area contributed by atoms with Gasteiger partial charge in [0.25, 0.3) is 0 Å². The molecule has 0 saturated heterocycles. The zero-order chi connectivity index (χ0) is 12.6. The van der Waals surface area contributed by atoms with Gasteiger partial charge in [0, 0.05) is 11.5 Å². The number of ether oxygens (including phenoxy) is 2. The summed E-state index contributed by atoms with van der Waals surface area (Å²) in [6.07, 6.45) is 2.15. The monoisotopic (exact) mass is 249 g/mol. The lowest BCUT2D eigenvalue weighted by molar-refractivity contribution is 0.167. The fourth-order valence-electron chi connectivity index (χ4n) is 2.76. The molecule has 0 amide bonds. The summed E-state index contributed by atoms with van der Waals surface area (Å²) in [5, 5.41) is 12.9. The van der Waals surface area contributed by atoms with Crippen LogP contribution in [-0.2, 0) is 0 Å². The summed E-state index contributed by atoms with van der Waals surface area (Å²) in [6.45, 7) is 1.45. The molecular weight excluding hydrogens is 230 g/mol. The summed E-state index contributed by atoms with van der Waals surface area (Å²) in [5.74, 6) is 1.63. The van der Waals surface area contributed by atoms with Gasteiger partial charge in [-0.3, -0.25) is 0 Å². The second-order valence-electron chi connectivity index (χ2n) is 5.15. The molecule has 0 radical (unpaired) electrons. The molecule has 4 nitrogen and oxygen atoms in total. The van der Waals surface area contributed by atoms with Crippen LogP contribution in [0.15, 0.2) is 18.2 Å². The van der Waals surface area contributed by atoms with Gasteiger partial charge >= 0.3 is 0 Å². The Morgan fingerprint density at radius 2 is 2.00 bits per heavy atom. The Labute approximate surface area is 107 Å². The van der Waals surface area contributed by atoms with E-state index in [1.807, 2.05) is 19.2 Å². The molecule has 0 bridgehead atoms. The standard InChI is InChI=1S/C14H19NO3/c1-15-13(14(9-16)4-5-14)10-2-3-11-12(8-10)18-7-6-17-11/h2-3,8,13,15-16H,4-7,9H2,1H3. The summed E-state index contributed by atoms with van der Waals surface area (Å²) in [4.78, 5) is 0. The molecule has 1 atom stereocenters. The first-order valence-corrected chi connectivity index (χ1v) is 6.47. The summed E-state index contributed by atoms with van der Waals surface area (Å²) >= 11 is 0. The summed E-state index contributed by atoms with van der Waals surface area (Å²) in [7, 11) is 1.94. The lowest BCUT2D eigenvalue weighted by atomic mass is 9.90. The number of hydrogen-bond acceptors (Lipinski definition) is 4. The van der Waals surface area contributed by atoms with Crippen molar-refractivity contribution in [2.24, 2.45) is 5.41 Å². The first-order valence-electron chi connectivity index (χ1n) is 6.47. The normalized spacial score (nSPS) is 21.4. The van der Waals surface area contributed by atoms with Crippen molar-refractivity contribution in [2.45, 2.75) is 18.9 Å². The first-order chi connectivity index (χ1) is 8.79. The number of aliphatic hydroxyl groups is 1. The van der Waals surface area contributed by atoms with E-state index in [9.17, 15) is 5.11 Å². The first kappa shape index (κ1) is 11.8. The SMILES string of the molecule is CNC(c1ccc2c(c1)OCCO2)C1(CO)CC1. The van der Waals surface area contributed by atoms with Crippen LogP contribution in [0.1, 0.15) is 24.4 Å². The van der Waals surface area contributed by atoms with E-state index in [2.05, 4.69) is 11.4 Å². The fraction of sp³-hybridized carbons (Fsp3) is 0.571. The van der Waals surface area contributed by atoms with Crippen molar-refractivity contribution in [3.8, 4) is 11.5 Å². The minimum atomic E-state index is 0.0124. The van der Waals surface area contributed by atoms with Crippen LogP contribution in [0, 0.1) is 5.41 Å². The Morgan fingerprint density at radius 1 is 1.28 bits per heavy atom. The van der Waals surface area contributed by atoms with Crippen molar-refractivity contribution in [2.75, 3.05) is 26.9 Å². The van der Waals surface area contributed by atoms with Crippen LogP contribution in [0.25, 0.3) is 0 Å². The molecule has 0 aromatic heterocycles. The molecular formula is C14H19NO3. The van der Waals surface area contributed by atoms with Gasteiger partial charge in [-0.2, -0.15) is 0 Å². The van der Waals surface area contributed by atoms with Crippen molar-refractivity contribution in [1.29, 1.82) is 0 Å². The second-order valence-corrected chi connectivity index (χ2v) is 5.15. The largest absolute Gasteiger partial charge is 0.486 e. The molecule has 1 fully saturated rings. The average molecular weight is 249 g/mol. The van der Waals surface area contributed by atoms with E-state index in [1.165, 1.54) is 0 Å². The molecule has 1 heterocycles. The zero-order valence-electron chi connectivity index (χ0n) is 10.6. The van der Waals surface area contributed by atoms with Crippen molar-refractivity contribution in [3.05, 3.63) is 23.8 Å². The van der Waals surface area contributed by atoms with E-state index in [-0.39, 0.29) is 18.1 Å². The van der Waals surface area contributed by atoms with Gasteiger partial charge in [0.2, 0.25) is 0 Å². The van der Waals surface area contributed by atoms with Gasteiger partial charge in [0.15, 0.2) is 11.5 Å². The predicted octanol–water partition coefficient (Wildman–Crippen LogP) is 1.49. The highest BCUT2D eigenvalue weighted by Gasteiger charge is 2.49. The van der Waals surface area contributed by atoms with Gasteiger partial charge in [0.1, 0.15) is 13.2 Å². The highest BCUT2D eigenvalue weighted by Crippen LogP contribution is 2.54. The summed E-state index contributed by atoms with van der Waals surface area (Å²) in [5.41, 5.74) is 1.17. The molecule has 1 aromatic rings. The summed E-state index contributed by atoms with van der Waals surface area (Å²) in [6, 6.07) is 6.23. The maximum absolute atomic E-state index is 9.56. The molecule has 0 spiro atoms. The van der Waals surface area contributed by atoms with Gasteiger partial charge in [-0.05, 0) is 37.6 Å². The van der Waals surface area contributed by atoms with Gasteiger partial charge in [-0.25, -0.2) is 0 Å². The molecule has 1 aliphatic carbocycles. The zero-order valence-corrected chi connectivity index (χ0v) is 10.6. The summed E-state index contributed by atoms with van der Waals surface area (Å²) < 4.78 is 11.1. The van der Waals surface area contributed by atoms with Gasteiger partial charge in [-0.15, -0.1) is 0 Å². The van der Waals surface area contributed by atoms with E-state index >= 15 is 0 Å². The maximum Gasteiger partial charge on any atom is 0.161 e. The lowest BCUT2D eigenvalue weighted by Gasteiger charge is -2.27. The minimum absolute atomic E-state index is 0.0124. The van der Waals surface area contributed by atoms with Crippen LogP contribution in [0.5, 0.6) is 11.5 Å². The number of fused-ring (bicyclic) bond motifs is 1. The molecule has 18 heavy (non-hydrogen) atoms. The predicted molar refractivity (Wildman–Crippen MR) is 68.0 cm³/mol. The average Bonchev–Trinajstić information content (AvgIpc) is 3.20. The molecule has 2 N–H and O–H groups in total. The number of nitrogens with one attached hydrogen (secondary N) is 1. The van der Waals surface area contributed by atoms with E-state index in [0.717, 1.165) is 29.9 Å². The van der Waals surface area contributed by atoms with E-state index in [4.69, 9.17) is 9.47 Å². The van der Waals surface area contributed by atoms with Crippen LogP contribution in [0.4, 0.5) is 0 Å². The van der Waals surface area contributed by atoms with Gasteiger partial charge in [0.05, 0.1) is 6.61 Å². The second kappa shape index (κ2) is 4.44. The van der Waals surface area contributed by atoms with Crippen LogP contribution in [0.2, 0.25) is 0 Å². The highest BCUT2D eigenvalue weighted by atomic mass is 16.6. The van der Waals surface area contributed by atoms with Crippen LogP contribution in [0.3, 0.4) is 0 Å². The Bertz CT molecular complexity index is 443. The topological polar surface area (TPSA) is 50.7 Å². The van der Waals surface area contributed by atoms with E-state index in [0.29, 0.717) is 13.2 Å². The Kier molecular flexibility index (Phi) is 2.92. The molecule has 1 aromatic carbocycles. The highest BCUT2D eigenvalue weighted by molar-refractivity contribution is 5.45. The smallest absolute Gasteiger partial charge is 0.161 e. The van der Waals surface area contributed by atoms with Crippen molar-refractivity contribution >= 4 is 0 Å². The van der Waals surface area contributed by atoms with Crippen LogP contribution >= 0.6 is 0 Å². The molecule has 1 aliphatic heterocycles. The third kappa shape index (κ3) is 1.85. The number of aliphatic hydroxyl groups excluding tert-OH is 1. The van der Waals surface area contributed by atoms with Gasteiger partial charge < -0.3 is 19.9 Å². The lowest BCUT2D eigenvalue weighted by Crippen LogP contribution is -2.29. The Balaban J connectivity index is 1.91. The molecule has 98 valence electrons. The third-order valence-corrected chi connectivity index (χ3v) is 4.01.